The summed E-state index contributed by atoms with van der Waals surface area (Å²) in [5.74, 6) is 0. The SMILES string of the molecule is CC(NCC(O)c1ccccc1)c1ccc(Cl)c(Cl)c1Cl. The Kier molecular flexibility index (Phi) is 5.91. The minimum absolute atomic E-state index is 0.0503. The first-order chi connectivity index (χ1) is 10.0. The molecule has 0 bridgehead atoms. The molecule has 2 aromatic carbocycles. The van der Waals surface area contributed by atoms with Crippen molar-refractivity contribution in [2.75, 3.05) is 6.54 Å². The fraction of sp³-hybridized carbons (Fsp3) is 0.250. The number of halogens is 3. The van der Waals surface area contributed by atoms with Gasteiger partial charge in [0.25, 0.3) is 0 Å². The van der Waals surface area contributed by atoms with E-state index in [1.54, 1.807) is 6.07 Å². The second kappa shape index (κ2) is 7.48. The molecule has 21 heavy (non-hydrogen) atoms. The van der Waals surface area contributed by atoms with Crippen LogP contribution in [0.3, 0.4) is 0 Å². The normalized spacial score (nSPS) is 14.0. The smallest absolute Gasteiger partial charge is 0.0914 e. The van der Waals surface area contributed by atoms with Crippen LogP contribution in [-0.4, -0.2) is 11.7 Å². The van der Waals surface area contributed by atoms with Crippen molar-refractivity contribution in [2.45, 2.75) is 19.1 Å². The van der Waals surface area contributed by atoms with Gasteiger partial charge in [0, 0.05) is 12.6 Å². The number of aliphatic hydroxyl groups excluding tert-OH is 1. The maximum Gasteiger partial charge on any atom is 0.0914 e. The molecule has 0 aliphatic rings. The third-order valence-electron chi connectivity index (χ3n) is 3.33. The molecule has 0 radical (unpaired) electrons. The minimum atomic E-state index is -0.574. The van der Waals surface area contributed by atoms with Gasteiger partial charge in [0.1, 0.15) is 0 Å². The minimum Gasteiger partial charge on any atom is -0.387 e. The summed E-state index contributed by atoms with van der Waals surface area (Å²) in [5, 5.41) is 14.6. The summed E-state index contributed by atoms with van der Waals surface area (Å²) in [6.07, 6.45) is -0.574. The summed E-state index contributed by atoms with van der Waals surface area (Å²) in [7, 11) is 0. The molecule has 0 heterocycles. The van der Waals surface area contributed by atoms with Crippen LogP contribution in [0.1, 0.15) is 30.2 Å². The van der Waals surface area contributed by atoms with E-state index in [9.17, 15) is 5.11 Å². The highest BCUT2D eigenvalue weighted by Crippen LogP contribution is 2.35. The lowest BCUT2D eigenvalue weighted by atomic mass is 10.1. The molecule has 5 heteroatoms. The maximum atomic E-state index is 10.1. The lowest BCUT2D eigenvalue weighted by Gasteiger charge is -2.19. The van der Waals surface area contributed by atoms with Crippen LogP contribution in [0, 0.1) is 0 Å². The van der Waals surface area contributed by atoms with E-state index in [1.807, 2.05) is 43.3 Å². The molecule has 0 aromatic heterocycles. The highest BCUT2D eigenvalue weighted by molar-refractivity contribution is 6.48. The molecule has 2 nitrogen and oxygen atoms in total. The number of hydrogen-bond acceptors (Lipinski definition) is 2. The van der Waals surface area contributed by atoms with Gasteiger partial charge in [-0.15, -0.1) is 0 Å². The summed E-state index contributed by atoms with van der Waals surface area (Å²) in [5.41, 5.74) is 1.73. The Balaban J connectivity index is 2.02. The molecule has 112 valence electrons. The topological polar surface area (TPSA) is 32.3 Å². The van der Waals surface area contributed by atoms with Gasteiger partial charge in [-0.05, 0) is 24.1 Å². The average Bonchev–Trinajstić information content (AvgIpc) is 2.51. The summed E-state index contributed by atoms with van der Waals surface area (Å²) in [6, 6.07) is 13.0. The first kappa shape index (κ1) is 16.6. The van der Waals surface area contributed by atoms with Crippen LogP contribution in [0.25, 0.3) is 0 Å². The summed E-state index contributed by atoms with van der Waals surface area (Å²) in [6.45, 7) is 2.38. The van der Waals surface area contributed by atoms with Crippen molar-refractivity contribution < 1.29 is 5.11 Å². The van der Waals surface area contributed by atoms with Crippen molar-refractivity contribution in [3.05, 3.63) is 68.7 Å². The fourth-order valence-corrected chi connectivity index (χ4v) is 2.77. The molecule has 2 rings (SSSR count). The van der Waals surface area contributed by atoms with Crippen LogP contribution in [0.15, 0.2) is 42.5 Å². The van der Waals surface area contributed by atoms with Crippen LogP contribution in [-0.2, 0) is 0 Å². The molecule has 0 spiro atoms. The molecule has 0 fully saturated rings. The van der Waals surface area contributed by atoms with Crippen molar-refractivity contribution in [3.8, 4) is 0 Å². The largest absolute Gasteiger partial charge is 0.387 e. The fourth-order valence-electron chi connectivity index (χ4n) is 2.07. The van der Waals surface area contributed by atoms with Gasteiger partial charge in [-0.2, -0.15) is 0 Å². The Morgan fingerprint density at radius 2 is 1.67 bits per heavy atom. The lowest BCUT2D eigenvalue weighted by molar-refractivity contribution is 0.171. The van der Waals surface area contributed by atoms with E-state index in [-0.39, 0.29) is 6.04 Å². The number of rotatable bonds is 5. The van der Waals surface area contributed by atoms with Gasteiger partial charge >= 0.3 is 0 Å². The third kappa shape index (κ3) is 4.12. The molecule has 2 aromatic rings. The van der Waals surface area contributed by atoms with Gasteiger partial charge in [0.05, 0.1) is 21.2 Å². The number of aliphatic hydroxyl groups is 1. The summed E-state index contributed by atoms with van der Waals surface area (Å²) in [4.78, 5) is 0. The molecule has 2 atom stereocenters. The molecule has 2 N–H and O–H groups in total. The van der Waals surface area contributed by atoms with Gasteiger partial charge in [0.15, 0.2) is 0 Å². The van der Waals surface area contributed by atoms with Gasteiger partial charge in [-0.3, -0.25) is 0 Å². The van der Waals surface area contributed by atoms with E-state index >= 15 is 0 Å². The van der Waals surface area contributed by atoms with Crippen LogP contribution in [0.4, 0.5) is 0 Å². The van der Waals surface area contributed by atoms with Crippen molar-refractivity contribution in [1.82, 2.24) is 5.32 Å². The van der Waals surface area contributed by atoms with Crippen molar-refractivity contribution in [1.29, 1.82) is 0 Å². The molecule has 0 amide bonds. The number of benzene rings is 2. The quantitative estimate of drug-likeness (QED) is 0.745. The molecule has 0 aliphatic heterocycles. The van der Waals surface area contributed by atoms with Crippen molar-refractivity contribution in [3.63, 3.8) is 0 Å². The van der Waals surface area contributed by atoms with E-state index in [0.717, 1.165) is 11.1 Å². The number of nitrogens with one attached hydrogen (secondary N) is 1. The Bertz CT molecular complexity index is 604. The summed E-state index contributed by atoms with van der Waals surface area (Å²) >= 11 is 18.2. The zero-order valence-corrected chi connectivity index (χ0v) is 13.8. The predicted octanol–water partition coefficient (Wildman–Crippen LogP) is 5.03. The zero-order valence-electron chi connectivity index (χ0n) is 11.5. The first-order valence-corrected chi connectivity index (χ1v) is 7.74. The van der Waals surface area contributed by atoms with Crippen LogP contribution >= 0.6 is 34.8 Å². The first-order valence-electron chi connectivity index (χ1n) is 6.60. The van der Waals surface area contributed by atoms with Gasteiger partial charge in [-0.25, -0.2) is 0 Å². The van der Waals surface area contributed by atoms with Gasteiger partial charge < -0.3 is 10.4 Å². The second-order valence-electron chi connectivity index (χ2n) is 4.82. The predicted molar refractivity (Wildman–Crippen MR) is 89.3 cm³/mol. The second-order valence-corrected chi connectivity index (χ2v) is 5.98. The maximum absolute atomic E-state index is 10.1. The monoisotopic (exact) mass is 343 g/mol. The highest BCUT2D eigenvalue weighted by Gasteiger charge is 2.15. The Morgan fingerprint density at radius 3 is 2.33 bits per heavy atom. The number of hydrogen-bond donors (Lipinski definition) is 2. The van der Waals surface area contributed by atoms with E-state index in [4.69, 9.17) is 34.8 Å². The van der Waals surface area contributed by atoms with E-state index < -0.39 is 6.10 Å². The average molecular weight is 345 g/mol. The Labute approximate surface area is 139 Å². The van der Waals surface area contributed by atoms with E-state index in [0.29, 0.717) is 21.6 Å². The molecule has 0 saturated heterocycles. The van der Waals surface area contributed by atoms with Crippen LogP contribution in [0.5, 0.6) is 0 Å². The van der Waals surface area contributed by atoms with Gasteiger partial charge in [0.2, 0.25) is 0 Å². The van der Waals surface area contributed by atoms with Crippen LogP contribution < -0.4 is 5.32 Å². The Hall–Kier alpha value is -0.770. The highest BCUT2D eigenvalue weighted by atomic mass is 35.5. The Morgan fingerprint density at radius 1 is 1.00 bits per heavy atom. The van der Waals surface area contributed by atoms with Gasteiger partial charge in [-0.1, -0.05) is 71.2 Å². The summed E-state index contributed by atoms with van der Waals surface area (Å²) < 4.78 is 0. The molecular formula is C16H16Cl3NO. The zero-order chi connectivity index (χ0) is 15.4. The van der Waals surface area contributed by atoms with E-state index in [2.05, 4.69) is 5.32 Å². The van der Waals surface area contributed by atoms with Crippen molar-refractivity contribution >= 4 is 34.8 Å². The standard InChI is InChI=1S/C16H16Cl3NO/c1-10(12-7-8-13(17)16(19)15(12)18)20-9-14(21)11-5-3-2-4-6-11/h2-8,10,14,20-21H,9H2,1H3. The van der Waals surface area contributed by atoms with Crippen molar-refractivity contribution in [2.24, 2.45) is 0 Å². The van der Waals surface area contributed by atoms with Crippen LogP contribution in [0.2, 0.25) is 15.1 Å². The molecule has 2 unspecified atom stereocenters. The molecule has 0 saturated carbocycles. The third-order valence-corrected chi connectivity index (χ3v) is 4.64. The molecule has 0 aliphatic carbocycles. The molecular weight excluding hydrogens is 329 g/mol. The lowest BCUT2D eigenvalue weighted by Crippen LogP contribution is -2.25. The van der Waals surface area contributed by atoms with E-state index in [1.165, 1.54) is 0 Å².